The Bertz CT molecular complexity index is 575. The molecule has 5 nitrogen and oxygen atoms in total. The third-order valence-electron chi connectivity index (χ3n) is 4.26. The third kappa shape index (κ3) is 3.14. The predicted molar refractivity (Wildman–Crippen MR) is 83.3 cm³/mol. The van der Waals surface area contributed by atoms with Crippen molar-refractivity contribution in [2.45, 2.75) is 32.9 Å². The summed E-state index contributed by atoms with van der Waals surface area (Å²) in [6, 6.07) is 10.6. The minimum absolute atomic E-state index is 0.260. The molecule has 0 radical (unpaired) electrons. The quantitative estimate of drug-likeness (QED) is 0.898. The molecule has 1 aromatic carbocycles. The van der Waals surface area contributed by atoms with Gasteiger partial charge in [-0.3, -0.25) is 0 Å². The average molecular weight is 285 g/mol. The van der Waals surface area contributed by atoms with Gasteiger partial charge >= 0.3 is 0 Å². The molecule has 21 heavy (non-hydrogen) atoms. The van der Waals surface area contributed by atoms with Crippen molar-refractivity contribution in [2.75, 3.05) is 13.1 Å². The van der Waals surface area contributed by atoms with Crippen LogP contribution >= 0.6 is 0 Å². The van der Waals surface area contributed by atoms with Crippen molar-refractivity contribution in [1.29, 1.82) is 0 Å². The van der Waals surface area contributed by atoms with E-state index >= 15 is 0 Å². The molecule has 0 spiro atoms. The lowest BCUT2D eigenvalue weighted by atomic mass is 9.80. The molecule has 1 aromatic heterocycles. The zero-order valence-electron chi connectivity index (χ0n) is 12.7. The van der Waals surface area contributed by atoms with E-state index in [0.29, 0.717) is 6.04 Å². The van der Waals surface area contributed by atoms with Crippen LogP contribution in [0.25, 0.3) is 5.69 Å². The molecule has 1 atom stereocenters. The Morgan fingerprint density at radius 2 is 2.14 bits per heavy atom. The van der Waals surface area contributed by atoms with E-state index in [4.69, 9.17) is 0 Å². The molecule has 0 amide bonds. The first-order valence-corrected chi connectivity index (χ1v) is 7.55. The zero-order valence-corrected chi connectivity index (χ0v) is 12.7. The molecule has 1 aliphatic rings. The van der Waals surface area contributed by atoms with Crippen molar-refractivity contribution in [3.63, 3.8) is 0 Å². The van der Waals surface area contributed by atoms with Crippen molar-refractivity contribution in [1.82, 2.24) is 25.4 Å². The molecule has 2 aromatic rings. The summed E-state index contributed by atoms with van der Waals surface area (Å²) in [4.78, 5) is 4.40. The molecule has 1 fully saturated rings. The number of aromatic nitrogens is 3. The molecule has 0 unspecified atom stereocenters. The van der Waals surface area contributed by atoms with Crippen molar-refractivity contribution in [3.05, 3.63) is 42.5 Å². The maximum absolute atomic E-state index is 4.40. The summed E-state index contributed by atoms with van der Waals surface area (Å²) in [5.74, 6) is 0.954. The minimum atomic E-state index is 0.260. The summed E-state index contributed by atoms with van der Waals surface area (Å²) in [6.45, 7) is 7.48. The number of nitrogens with zero attached hydrogens (tertiary/aromatic N) is 3. The highest BCUT2D eigenvalue weighted by Gasteiger charge is 2.31. The second-order valence-corrected chi connectivity index (χ2v) is 6.31. The van der Waals surface area contributed by atoms with Crippen LogP contribution in [0.1, 0.15) is 26.1 Å². The number of piperidine rings is 1. The summed E-state index contributed by atoms with van der Waals surface area (Å²) in [6.07, 6.45) is 2.77. The van der Waals surface area contributed by atoms with Crippen LogP contribution in [0.5, 0.6) is 0 Å². The fourth-order valence-electron chi connectivity index (χ4n) is 2.93. The Balaban J connectivity index is 1.71. The Kier molecular flexibility index (Phi) is 4.03. The van der Waals surface area contributed by atoms with E-state index in [9.17, 15) is 0 Å². The van der Waals surface area contributed by atoms with Crippen molar-refractivity contribution in [3.8, 4) is 5.69 Å². The number of para-hydroxylation sites is 1. The van der Waals surface area contributed by atoms with Crippen LogP contribution in [0.3, 0.4) is 0 Å². The Labute approximate surface area is 125 Å². The lowest BCUT2D eigenvalue weighted by Crippen LogP contribution is -2.52. The molecule has 2 N–H and O–H groups in total. The molecule has 5 heteroatoms. The number of nitrogens with one attached hydrogen (secondary N) is 2. The lowest BCUT2D eigenvalue weighted by molar-refractivity contribution is 0.183. The first-order chi connectivity index (χ1) is 10.2. The first kappa shape index (κ1) is 14.2. The van der Waals surface area contributed by atoms with E-state index < -0.39 is 0 Å². The van der Waals surface area contributed by atoms with Crippen LogP contribution in [0.15, 0.2) is 36.7 Å². The Morgan fingerprint density at radius 3 is 2.90 bits per heavy atom. The standard InChI is InChI=1S/C16H23N5/c1-16(2)11-17-9-8-14(16)18-10-15-19-12-20-21(15)13-6-4-3-5-7-13/h3-7,12,14,17-18H,8-11H2,1-2H3/t14-/m0/s1. The average Bonchev–Trinajstić information content (AvgIpc) is 2.95. The van der Waals surface area contributed by atoms with E-state index in [1.54, 1.807) is 6.33 Å². The van der Waals surface area contributed by atoms with Gasteiger partial charge in [-0.2, -0.15) is 5.10 Å². The van der Waals surface area contributed by atoms with E-state index in [1.165, 1.54) is 0 Å². The molecule has 0 aliphatic carbocycles. The fraction of sp³-hybridized carbons (Fsp3) is 0.500. The van der Waals surface area contributed by atoms with Gasteiger partial charge in [0.25, 0.3) is 0 Å². The van der Waals surface area contributed by atoms with Crippen LogP contribution in [0, 0.1) is 5.41 Å². The summed E-state index contributed by atoms with van der Waals surface area (Å²) in [5, 5.41) is 11.5. The van der Waals surface area contributed by atoms with E-state index in [1.807, 2.05) is 35.0 Å². The van der Waals surface area contributed by atoms with Gasteiger partial charge in [0.15, 0.2) is 0 Å². The zero-order chi connectivity index (χ0) is 14.7. The van der Waals surface area contributed by atoms with Gasteiger partial charge in [-0.25, -0.2) is 9.67 Å². The highest BCUT2D eigenvalue weighted by molar-refractivity contribution is 5.30. The molecule has 3 rings (SSSR count). The number of rotatable bonds is 4. The molecular formula is C16H23N5. The molecule has 1 aliphatic heterocycles. The summed E-state index contributed by atoms with van der Waals surface area (Å²) in [7, 11) is 0. The monoisotopic (exact) mass is 285 g/mol. The van der Waals surface area contributed by atoms with Crippen LogP contribution in [0.2, 0.25) is 0 Å². The van der Waals surface area contributed by atoms with Gasteiger partial charge in [0, 0.05) is 12.6 Å². The van der Waals surface area contributed by atoms with Gasteiger partial charge in [0.2, 0.25) is 0 Å². The highest BCUT2D eigenvalue weighted by atomic mass is 15.3. The Hall–Kier alpha value is -1.72. The molecule has 2 heterocycles. The fourth-order valence-corrected chi connectivity index (χ4v) is 2.93. The van der Waals surface area contributed by atoms with Gasteiger partial charge in [-0.1, -0.05) is 32.0 Å². The highest BCUT2D eigenvalue weighted by Crippen LogP contribution is 2.25. The maximum atomic E-state index is 4.40. The first-order valence-electron chi connectivity index (χ1n) is 7.55. The smallest absolute Gasteiger partial charge is 0.146 e. The maximum Gasteiger partial charge on any atom is 0.146 e. The van der Waals surface area contributed by atoms with Gasteiger partial charge < -0.3 is 10.6 Å². The van der Waals surface area contributed by atoms with Gasteiger partial charge in [0.1, 0.15) is 12.2 Å². The van der Waals surface area contributed by atoms with E-state index in [-0.39, 0.29) is 5.41 Å². The summed E-state index contributed by atoms with van der Waals surface area (Å²) < 4.78 is 1.90. The van der Waals surface area contributed by atoms with E-state index in [2.05, 4.69) is 34.6 Å². The predicted octanol–water partition coefficient (Wildman–Crippen LogP) is 1.74. The van der Waals surface area contributed by atoms with Crippen molar-refractivity contribution >= 4 is 0 Å². The number of hydrogen-bond acceptors (Lipinski definition) is 4. The van der Waals surface area contributed by atoms with Crippen LogP contribution < -0.4 is 10.6 Å². The van der Waals surface area contributed by atoms with Crippen molar-refractivity contribution < 1.29 is 0 Å². The second kappa shape index (κ2) is 5.95. The minimum Gasteiger partial charge on any atom is -0.316 e. The van der Waals surface area contributed by atoms with Crippen molar-refractivity contribution in [2.24, 2.45) is 5.41 Å². The molecule has 1 saturated heterocycles. The topological polar surface area (TPSA) is 54.8 Å². The normalized spacial score (nSPS) is 21.3. The number of hydrogen-bond donors (Lipinski definition) is 2. The third-order valence-corrected chi connectivity index (χ3v) is 4.26. The largest absolute Gasteiger partial charge is 0.316 e. The van der Waals surface area contributed by atoms with E-state index in [0.717, 1.165) is 37.6 Å². The molecule has 0 saturated carbocycles. The lowest BCUT2D eigenvalue weighted by Gasteiger charge is -2.39. The van der Waals surface area contributed by atoms with Crippen LogP contribution in [-0.2, 0) is 6.54 Å². The molecule has 112 valence electrons. The van der Waals surface area contributed by atoms with Crippen LogP contribution in [0.4, 0.5) is 0 Å². The number of benzene rings is 1. The molecule has 0 bridgehead atoms. The second-order valence-electron chi connectivity index (χ2n) is 6.31. The molecular weight excluding hydrogens is 262 g/mol. The van der Waals surface area contributed by atoms with Crippen LogP contribution in [-0.4, -0.2) is 33.9 Å². The summed E-state index contributed by atoms with van der Waals surface area (Å²) >= 11 is 0. The van der Waals surface area contributed by atoms with Gasteiger partial charge in [-0.05, 0) is 30.5 Å². The summed E-state index contributed by atoms with van der Waals surface area (Å²) in [5.41, 5.74) is 1.31. The Morgan fingerprint density at radius 1 is 1.33 bits per heavy atom. The van der Waals surface area contributed by atoms with Gasteiger partial charge in [-0.15, -0.1) is 0 Å². The van der Waals surface area contributed by atoms with Gasteiger partial charge in [0.05, 0.1) is 12.2 Å². The SMILES string of the molecule is CC1(C)CNCC[C@@H]1NCc1ncnn1-c1ccccc1.